The van der Waals surface area contributed by atoms with Gasteiger partial charge in [-0.2, -0.15) is 0 Å². The SMILES string of the molecule is OCc1nnc(Cc2ccc(Br)cc2)n1C1CC1. The lowest BCUT2D eigenvalue weighted by atomic mass is 10.1. The monoisotopic (exact) mass is 307 g/mol. The number of benzene rings is 1. The number of hydrogen-bond donors (Lipinski definition) is 1. The van der Waals surface area contributed by atoms with E-state index < -0.39 is 0 Å². The van der Waals surface area contributed by atoms with Crippen molar-refractivity contribution in [1.29, 1.82) is 0 Å². The van der Waals surface area contributed by atoms with Crippen molar-refractivity contribution in [3.63, 3.8) is 0 Å². The summed E-state index contributed by atoms with van der Waals surface area (Å²) in [4.78, 5) is 0. The molecule has 1 fully saturated rings. The second kappa shape index (κ2) is 4.82. The Morgan fingerprint density at radius 3 is 2.44 bits per heavy atom. The molecule has 18 heavy (non-hydrogen) atoms. The van der Waals surface area contributed by atoms with Gasteiger partial charge in [-0.3, -0.25) is 0 Å². The lowest BCUT2D eigenvalue weighted by Gasteiger charge is -2.07. The number of rotatable bonds is 4. The maximum atomic E-state index is 9.28. The van der Waals surface area contributed by atoms with E-state index in [1.54, 1.807) is 0 Å². The topological polar surface area (TPSA) is 50.9 Å². The van der Waals surface area contributed by atoms with E-state index >= 15 is 0 Å². The van der Waals surface area contributed by atoms with E-state index in [-0.39, 0.29) is 6.61 Å². The van der Waals surface area contributed by atoms with Crippen molar-refractivity contribution in [3.8, 4) is 0 Å². The highest BCUT2D eigenvalue weighted by Crippen LogP contribution is 2.37. The zero-order chi connectivity index (χ0) is 12.5. The summed E-state index contributed by atoms with van der Waals surface area (Å²) in [7, 11) is 0. The quantitative estimate of drug-likeness (QED) is 0.944. The van der Waals surface area contributed by atoms with Crippen LogP contribution in [0.3, 0.4) is 0 Å². The number of aliphatic hydroxyl groups excluding tert-OH is 1. The van der Waals surface area contributed by atoms with E-state index in [0.717, 1.165) is 16.7 Å². The lowest BCUT2D eigenvalue weighted by Crippen LogP contribution is -2.06. The third-order valence-electron chi connectivity index (χ3n) is 3.17. The Labute approximate surface area is 114 Å². The second-order valence-corrected chi connectivity index (χ2v) is 5.51. The van der Waals surface area contributed by atoms with Gasteiger partial charge in [0.1, 0.15) is 12.4 Å². The van der Waals surface area contributed by atoms with Gasteiger partial charge in [-0.25, -0.2) is 0 Å². The summed E-state index contributed by atoms with van der Waals surface area (Å²) in [6.45, 7) is -0.0379. The molecule has 0 radical (unpaired) electrons. The molecule has 1 aromatic carbocycles. The van der Waals surface area contributed by atoms with Crippen molar-refractivity contribution in [2.24, 2.45) is 0 Å². The van der Waals surface area contributed by atoms with Crippen molar-refractivity contribution in [1.82, 2.24) is 14.8 Å². The Bertz CT molecular complexity index is 546. The van der Waals surface area contributed by atoms with Gasteiger partial charge in [-0.05, 0) is 30.5 Å². The normalized spacial score (nSPS) is 15.0. The first-order valence-corrected chi connectivity index (χ1v) is 6.85. The van der Waals surface area contributed by atoms with Gasteiger partial charge in [-0.1, -0.05) is 28.1 Å². The third-order valence-corrected chi connectivity index (χ3v) is 3.69. The molecule has 3 rings (SSSR count). The first kappa shape index (κ1) is 11.9. The molecule has 2 aromatic rings. The molecule has 0 bridgehead atoms. The van der Waals surface area contributed by atoms with Crippen LogP contribution in [-0.4, -0.2) is 19.9 Å². The Hall–Kier alpha value is -1.20. The Morgan fingerprint density at radius 2 is 1.83 bits per heavy atom. The Morgan fingerprint density at radius 1 is 1.17 bits per heavy atom. The average molecular weight is 308 g/mol. The van der Waals surface area contributed by atoms with Crippen molar-refractivity contribution >= 4 is 15.9 Å². The number of nitrogens with zero attached hydrogens (tertiary/aromatic N) is 3. The van der Waals surface area contributed by atoms with Crippen LogP contribution in [0.2, 0.25) is 0 Å². The van der Waals surface area contributed by atoms with Crippen LogP contribution in [0.15, 0.2) is 28.7 Å². The number of aliphatic hydroxyl groups is 1. The van der Waals surface area contributed by atoms with Crippen LogP contribution < -0.4 is 0 Å². The summed E-state index contributed by atoms with van der Waals surface area (Å²) >= 11 is 3.43. The molecule has 5 heteroatoms. The molecule has 0 unspecified atom stereocenters. The van der Waals surface area contributed by atoms with Gasteiger partial charge in [0.25, 0.3) is 0 Å². The van der Waals surface area contributed by atoms with E-state index in [1.165, 1.54) is 18.4 Å². The van der Waals surface area contributed by atoms with E-state index in [4.69, 9.17) is 0 Å². The molecule has 1 aliphatic carbocycles. The fourth-order valence-corrected chi connectivity index (χ4v) is 2.39. The first-order chi connectivity index (χ1) is 8.78. The third kappa shape index (κ3) is 2.33. The van der Waals surface area contributed by atoms with Gasteiger partial charge in [0.05, 0.1) is 0 Å². The summed E-state index contributed by atoms with van der Waals surface area (Å²) < 4.78 is 3.17. The fourth-order valence-electron chi connectivity index (χ4n) is 2.13. The molecule has 1 aliphatic rings. The molecule has 4 nitrogen and oxygen atoms in total. The lowest BCUT2D eigenvalue weighted by molar-refractivity contribution is 0.264. The van der Waals surface area contributed by atoms with E-state index in [1.807, 2.05) is 12.1 Å². The second-order valence-electron chi connectivity index (χ2n) is 4.59. The van der Waals surface area contributed by atoms with Gasteiger partial charge in [0.15, 0.2) is 5.82 Å². The van der Waals surface area contributed by atoms with E-state index in [0.29, 0.717) is 11.9 Å². The van der Waals surface area contributed by atoms with Crippen molar-refractivity contribution in [2.75, 3.05) is 0 Å². The molecular formula is C13H14BrN3O. The van der Waals surface area contributed by atoms with Crippen LogP contribution in [0.5, 0.6) is 0 Å². The zero-order valence-electron chi connectivity index (χ0n) is 9.88. The maximum absolute atomic E-state index is 9.28. The minimum atomic E-state index is -0.0379. The van der Waals surface area contributed by atoms with Crippen LogP contribution in [0.25, 0.3) is 0 Å². The van der Waals surface area contributed by atoms with Crippen molar-refractivity contribution in [2.45, 2.75) is 31.9 Å². The van der Waals surface area contributed by atoms with E-state index in [9.17, 15) is 5.11 Å². The van der Waals surface area contributed by atoms with Crippen molar-refractivity contribution in [3.05, 3.63) is 46.0 Å². The van der Waals surface area contributed by atoms with Crippen LogP contribution in [0, 0.1) is 0 Å². The molecule has 0 atom stereocenters. The molecule has 0 amide bonds. The Balaban J connectivity index is 1.88. The van der Waals surface area contributed by atoms with Gasteiger partial charge in [0, 0.05) is 16.9 Å². The maximum Gasteiger partial charge on any atom is 0.159 e. The predicted molar refractivity (Wildman–Crippen MR) is 71.2 cm³/mol. The predicted octanol–water partition coefficient (Wildman–Crippen LogP) is 2.46. The van der Waals surface area contributed by atoms with Gasteiger partial charge >= 0.3 is 0 Å². The largest absolute Gasteiger partial charge is 0.388 e. The molecule has 0 saturated heterocycles. The van der Waals surface area contributed by atoms with Crippen LogP contribution >= 0.6 is 15.9 Å². The smallest absolute Gasteiger partial charge is 0.159 e. The summed E-state index contributed by atoms with van der Waals surface area (Å²) in [6.07, 6.45) is 3.09. The van der Waals surface area contributed by atoms with Gasteiger partial charge in [-0.15, -0.1) is 10.2 Å². The summed E-state index contributed by atoms with van der Waals surface area (Å²) in [5.41, 5.74) is 1.21. The molecule has 0 aliphatic heterocycles. The first-order valence-electron chi connectivity index (χ1n) is 6.06. The fraction of sp³-hybridized carbons (Fsp3) is 0.385. The van der Waals surface area contributed by atoms with Gasteiger partial charge < -0.3 is 9.67 Å². The molecular weight excluding hydrogens is 294 g/mol. The van der Waals surface area contributed by atoms with Crippen molar-refractivity contribution < 1.29 is 5.11 Å². The molecule has 1 aromatic heterocycles. The highest BCUT2D eigenvalue weighted by molar-refractivity contribution is 9.10. The minimum absolute atomic E-state index is 0.0379. The van der Waals surface area contributed by atoms with Gasteiger partial charge in [0.2, 0.25) is 0 Å². The standard InChI is InChI=1S/C13H14BrN3O/c14-10-3-1-9(2-4-10)7-12-15-16-13(8-18)17(12)11-5-6-11/h1-4,11,18H,5-8H2. The van der Waals surface area contributed by atoms with E-state index in [2.05, 4.69) is 42.8 Å². The molecule has 1 heterocycles. The number of hydrogen-bond acceptors (Lipinski definition) is 3. The molecule has 0 spiro atoms. The van der Waals surface area contributed by atoms with Crippen LogP contribution in [0.4, 0.5) is 0 Å². The highest BCUT2D eigenvalue weighted by atomic mass is 79.9. The summed E-state index contributed by atoms with van der Waals surface area (Å²) in [5.74, 6) is 1.63. The minimum Gasteiger partial charge on any atom is -0.388 e. The zero-order valence-corrected chi connectivity index (χ0v) is 11.5. The summed E-state index contributed by atoms with van der Waals surface area (Å²) in [6, 6.07) is 8.70. The molecule has 1 saturated carbocycles. The molecule has 94 valence electrons. The number of aromatic nitrogens is 3. The number of halogens is 1. The van der Waals surface area contributed by atoms with Crippen LogP contribution in [-0.2, 0) is 13.0 Å². The molecule has 1 N–H and O–H groups in total. The van der Waals surface area contributed by atoms with Crippen LogP contribution in [0.1, 0.15) is 36.1 Å². The average Bonchev–Trinajstić information content (AvgIpc) is 3.14. The highest BCUT2D eigenvalue weighted by Gasteiger charge is 2.28. The summed E-state index contributed by atoms with van der Waals surface area (Å²) in [5, 5.41) is 17.6. The Kier molecular flexibility index (Phi) is 3.18.